The summed E-state index contributed by atoms with van der Waals surface area (Å²) in [5.41, 5.74) is 1.67. The lowest BCUT2D eigenvalue weighted by Crippen LogP contribution is -2.10. The van der Waals surface area contributed by atoms with Crippen molar-refractivity contribution >= 4 is 31.6 Å². The van der Waals surface area contributed by atoms with Gasteiger partial charge in [0, 0.05) is 0 Å². The van der Waals surface area contributed by atoms with Crippen molar-refractivity contribution in [1.29, 1.82) is 0 Å². The number of nitrogens with two attached hydrogens (primary N) is 1. The van der Waals surface area contributed by atoms with Gasteiger partial charge in [0.15, 0.2) is 0 Å². The van der Waals surface area contributed by atoms with E-state index in [0.29, 0.717) is 12.3 Å². The number of nitrogens with zero attached hydrogens (tertiary/aromatic N) is 1. The molecule has 0 bridgehead atoms. The molecule has 0 fully saturated rings. The molecule has 0 amide bonds. The largest absolute Gasteiger partial charge is 0.446 e. The number of primary sulfonamides is 1. The molecule has 19 heavy (non-hydrogen) atoms. The van der Waals surface area contributed by atoms with Crippen molar-refractivity contribution < 1.29 is 12.8 Å². The monoisotopic (exact) mass is 345 g/mol. The summed E-state index contributed by atoms with van der Waals surface area (Å²) in [7, 11) is -3.79. The van der Waals surface area contributed by atoms with E-state index < -0.39 is 10.0 Å². The van der Waals surface area contributed by atoms with E-state index in [-0.39, 0.29) is 5.09 Å². The van der Waals surface area contributed by atoms with Crippen molar-refractivity contribution in [3.63, 3.8) is 0 Å². The molecule has 2 rings (SSSR count). The first kappa shape index (κ1) is 14.0. The molecule has 0 spiro atoms. The van der Waals surface area contributed by atoms with E-state index in [1.807, 2.05) is 19.1 Å². The highest BCUT2D eigenvalue weighted by molar-refractivity contribution is 9.10. The van der Waals surface area contributed by atoms with E-state index in [9.17, 15) is 8.42 Å². The number of aryl methyl sites for hydroxylation is 1. The summed E-state index contributed by atoms with van der Waals surface area (Å²) in [6.07, 6.45) is 0. The Hall–Kier alpha value is -1.38. The third-order valence-corrected chi connectivity index (χ3v) is 3.64. The van der Waals surface area contributed by atoms with Crippen LogP contribution in [-0.2, 0) is 16.6 Å². The van der Waals surface area contributed by atoms with Gasteiger partial charge in [0.25, 0.3) is 10.0 Å². The summed E-state index contributed by atoms with van der Waals surface area (Å²) < 4.78 is 28.0. The molecule has 0 atom stereocenters. The number of nitrogens with one attached hydrogen (secondary N) is 1. The maximum absolute atomic E-state index is 11.1. The Balaban J connectivity index is 2.09. The molecule has 6 nitrogen and oxygen atoms in total. The number of halogens is 1. The molecule has 0 aliphatic heterocycles. The number of hydrogen-bond donors (Lipinski definition) is 2. The van der Waals surface area contributed by atoms with Crippen molar-refractivity contribution in [2.24, 2.45) is 5.14 Å². The number of pyridine rings is 1. The summed E-state index contributed by atoms with van der Waals surface area (Å²) in [6, 6.07) is 6.58. The molecule has 102 valence electrons. The minimum Gasteiger partial charge on any atom is -0.446 e. The third-order valence-electron chi connectivity index (χ3n) is 2.42. The van der Waals surface area contributed by atoms with Crippen molar-refractivity contribution in [2.75, 3.05) is 5.32 Å². The van der Waals surface area contributed by atoms with Gasteiger partial charge < -0.3 is 9.73 Å². The molecule has 0 saturated heterocycles. The molecule has 2 aromatic rings. The zero-order valence-electron chi connectivity index (χ0n) is 10.1. The Labute approximate surface area is 119 Å². The van der Waals surface area contributed by atoms with Gasteiger partial charge in [-0.25, -0.2) is 18.5 Å². The van der Waals surface area contributed by atoms with Gasteiger partial charge in [-0.1, -0.05) is 0 Å². The highest BCUT2D eigenvalue weighted by Crippen LogP contribution is 2.18. The number of aromatic nitrogens is 1. The van der Waals surface area contributed by atoms with Crippen molar-refractivity contribution in [2.45, 2.75) is 18.6 Å². The van der Waals surface area contributed by atoms with Crippen LogP contribution in [0.4, 0.5) is 5.69 Å². The summed E-state index contributed by atoms with van der Waals surface area (Å²) in [4.78, 5) is 4.24. The van der Waals surface area contributed by atoms with E-state index in [2.05, 4.69) is 26.2 Å². The van der Waals surface area contributed by atoms with Crippen LogP contribution in [0.2, 0.25) is 0 Å². The molecule has 0 saturated carbocycles. The fourth-order valence-electron chi connectivity index (χ4n) is 1.51. The van der Waals surface area contributed by atoms with Crippen LogP contribution in [0, 0.1) is 6.92 Å². The van der Waals surface area contributed by atoms with Gasteiger partial charge in [0.05, 0.1) is 17.9 Å². The first-order chi connectivity index (χ1) is 8.86. The minimum absolute atomic E-state index is 0.241. The Kier molecular flexibility index (Phi) is 3.93. The van der Waals surface area contributed by atoms with Crippen LogP contribution >= 0.6 is 15.9 Å². The predicted octanol–water partition coefficient (Wildman–Crippen LogP) is 2.01. The molecule has 0 aliphatic carbocycles. The lowest BCUT2D eigenvalue weighted by atomic mass is 10.3. The zero-order chi connectivity index (χ0) is 14.0. The van der Waals surface area contributed by atoms with E-state index in [1.165, 1.54) is 6.07 Å². The molecule has 0 aromatic carbocycles. The van der Waals surface area contributed by atoms with Crippen LogP contribution in [0.1, 0.15) is 11.5 Å². The summed E-state index contributed by atoms with van der Waals surface area (Å²) in [5, 5.41) is 7.83. The smallest absolute Gasteiger partial charge is 0.271 e. The molecule has 0 aliphatic rings. The van der Waals surface area contributed by atoms with Gasteiger partial charge in [0.1, 0.15) is 10.4 Å². The first-order valence-corrected chi connectivity index (χ1v) is 7.69. The first-order valence-electron chi connectivity index (χ1n) is 5.35. The van der Waals surface area contributed by atoms with E-state index in [4.69, 9.17) is 9.56 Å². The van der Waals surface area contributed by atoms with E-state index in [1.54, 1.807) is 6.07 Å². The van der Waals surface area contributed by atoms with Crippen LogP contribution in [0.3, 0.4) is 0 Å². The maximum atomic E-state index is 11.1. The average Bonchev–Trinajstić information content (AvgIpc) is 2.76. The van der Waals surface area contributed by atoms with Crippen LogP contribution in [0.5, 0.6) is 0 Å². The van der Waals surface area contributed by atoms with Crippen molar-refractivity contribution in [3.8, 4) is 0 Å². The third kappa shape index (κ3) is 3.55. The molecular formula is C11H12BrN3O3S. The number of furan rings is 1. The van der Waals surface area contributed by atoms with E-state index in [0.717, 1.165) is 16.0 Å². The fourth-order valence-corrected chi connectivity index (χ4v) is 2.38. The lowest BCUT2D eigenvalue weighted by Gasteiger charge is -2.07. The highest BCUT2D eigenvalue weighted by atomic mass is 79.9. The quantitative estimate of drug-likeness (QED) is 0.825. The molecule has 0 radical (unpaired) electrons. The Bertz CT molecular complexity index is 697. The fraction of sp³-hybridized carbons (Fsp3) is 0.182. The average molecular weight is 346 g/mol. The van der Waals surface area contributed by atoms with Gasteiger partial charge in [0.2, 0.25) is 5.09 Å². The Morgan fingerprint density at radius 1 is 1.37 bits per heavy atom. The second-order valence-electron chi connectivity index (χ2n) is 3.89. The van der Waals surface area contributed by atoms with Crippen LogP contribution in [0.25, 0.3) is 0 Å². The summed E-state index contributed by atoms with van der Waals surface area (Å²) in [6.45, 7) is 2.21. The highest BCUT2D eigenvalue weighted by Gasteiger charge is 2.13. The maximum Gasteiger partial charge on any atom is 0.271 e. The zero-order valence-corrected chi connectivity index (χ0v) is 12.5. The second-order valence-corrected chi connectivity index (χ2v) is 6.19. The normalized spacial score (nSPS) is 11.5. The molecular weight excluding hydrogens is 334 g/mol. The van der Waals surface area contributed by atoms with E-state index >= 15 is 0 Å². The Morgan fingerprint density at radius 3 is 2.68 bits per heavy atom. The van der Waals surface area contributed by atoms with Crippen LogP contribution in [-0.4, -0.2) is 13.4 Å². The number of anilines is 1. The number of hydrogen-bond acceptors (Lipinski definition) is 5. The van der Waals surface area contributed by atoms with Gasteiger partial charge in [-0.05, 0) is 47.1 Å². The Morgan fingerprint density at radius 2 is 2.11 bits per heavy atom. The molecule has 2 aromatic heterocycles. The molecule has 0 unspecified atom stereocenters. The lowest BCUT2D eigenvalue weighted by molar-refractivity contribution is 0.419. The minimum atomic E-state index is -3.79. The second kappa shape index (κ2) is 5.32. The predicted molar refractivity (Wildman–Crippen MR) is 74.1 cm³/mol. The topological polar surface area (TPSA) is 98.2 Å². The molecule has 8 heteroatoms. The van der Waals surface area contributed by atoms with Gasteiger partial charge >= 0.3 is 0 Å². The number of rotatable bonds is 4. The van der Waals surface area contributed by atoms with Crippen molar-refractivity contribution in [1.82, 2.24) is 4.98 Å². The van der Waals surface area contributed by atoms with Gasteiger partial charge in [-0.15, -0.1) is 0 Å². The van der Waals surface area contributed by atoms with Crippen LogP contribution in [0.15, 0.2) is 38.4 Å². The standard InChI is InChI=1S/C11H12BrN3O3S/c1-7-9(3-4-10(12)15-7)14-6-8-2-5-11(18-8)19(13,16)17/h2-5,14H,6H2,1H3,(H2,13,16,17). The SMILES string of the molecule is Cc1nc(Br)ccc1NCc1ccc(S(N)(=O)=O)o1. The number of sulfonamides is 1. The molecule has 2 heterocycles. The van der Waals surface area contributed by atoms with Crippen molar-refractivity contribution in [3.05, 3.63) is 40.3 Å². The molecule has 3 N–H and O–H groups in total. The summed E-state index contributed by atoms with van der Waals surface area (Å²) in [5.74, 6) is 0.478. The summed E-state index contributed by atoms with van der Waals surface area (Å²) >= 11 is 3.28. The van der Waals surface area contributed by atoms with Crippen LogP contribution < -0.4 is 10.5 Å². The van der Waals surface area contributed by atoms with Gasteiger partial charge in [-0.2, -0.15) is 0 Å². The van der Waals surface area contributed by atoms with Gasteiger partial charge in [-0.3, -0.25) is 0 Å².